The van der Waals surface area contributed by atoms with Crippen LogP contribution < -0.4 is 0 Å². The highest BCUT2D eigenvalue weighted by Gasteiger charge is 2.66. The standard InChI is InChI=1S/C21H31N/c1-5-10-19(2)11-13-22-14-12-20(3)17-9-7-6-8-16(17)15-18(22)21(19,20)4/h6-9,18H,5,10-15H2,1-4H3. The van der Waals surface area contributed by atoms with Gasteiger partial charge in [-0.1, -0.05) is 58.4 Å². The fourth-order valence-corrected chi connectivity index (χ4v) is 6.63. The van der Waals surface area contributed by atoms with Crippen molar-refractivity contribution in [3.8, 4) is 0 Å². The molecule has 2 aliphatic heterocycles. The molecule has 0 spiro atoms. The summed E-state index contributed by atoms with van der Waals surface area (Å²) in [6.45, 7) is 12.8. The van der Waals surface area contributed by atoms with Crippen LogP contribution >= 0.6 is 0 Å². The molecule has 1 nitrogen and oxygen atoms in total. The molecule has 0 N–H and O–H groups in total. The van der Waals surface area contributed by atoms with Gasteiger partial charge in [-0.3, -0.25) is 4.90 Å². The first-order chi connectivity index (χ1) is 10.5. The third kappa shape index (κ3) is 1.54. The van der Waals surface area contributed by atoms with Gasteiger partial charge < -0.3 is 0 Å². The fraction of sp³-hybridized carbons (Fsp3) is 0.714. The van der Waals surface area contributed by atoms with E-state index in [1.165, 1.54) is 45.2 Å². The zero-order chi connectivity index (χ0) is 15.6. The molecule has 2 heterocycles. The quantitative estimate of drug-likeness (QED) is 0.758. The Morgan fingerprint density at radius 3 is 2.59 bits per heavy atom. The first kappa shape index (κ1) is 14.8. The highest BCUT2D eigenvalue weighted by molar-refractivity contribution is 5.43. The molecule has 0 aromatic heterocycles. The number of benzene rings is 1. The highest BCUT2D eigenvalue weighted by Crippen LogP contribution is 2.67. The zero-order valence-electron chi connectivity index (χ0n) is 14.8. The molecule has 1 aliphatic carbocycles. The van der Waals surface area contributed by atoms with E-state index in [4.69, 9.17) is 0 Å². The van der Waals surface area contributed by atoms with Crippen LogP contribution in [0.15, 0.2) is 24.3 Å². The maximum Gasteiger partial charge on any atom is 0.0203 e. The van der Waals surface area contributed by atoms with Crippen LogP contribution in [-0.2, 0) is 11.8 Å². The number of hydrogen-bond acceptors (Lipinski definition) is 1. The van der Waals surface area contributed by atoms with Gasteiger partial charge in [0.1, 0.15) is 0 Å². The molecule has 4 bridgehead atoms. The van der Waals surface area contributed by atoms with E-state index in [2.05, 4.69) is 56.9 Å². The summed E-state index contributed by atoms with van der Waals surface area (Å²) in [5.41, 5.74) is 4.51. The van der Waals surface area contributed by atoms with E-state index >= 15 is 0 Å². The molecular weight excluding hydrogens is 266 g/mol. The predicted molar refractivity (Wildman–Crippen MR) is 93.2 cm³/mol. The SMILES string of the molecule is CCCC1(C)CCN2CCC3(C)c4ccccc4CC2C13C. The largest absolute Gasteiger partial charge is 0.299 e. The van der Waals surface area contributed by atoms with Crippen LogP contribution in [0.2, 0.25) is 0 Å². The average molecular weight is 297 g/mol. The lowest BCUT2D eigenvalue weighted by Gasteiger charge is -2.71. The molecule has 1 heteroatoms. The van der Waals surface area contributed by atoms with Crippen molar-refractivity contribution in [3.63, 3.8) is 0 Å². The van der Waals surface area contributed by atoms with E-state index in [1.54, 1.807) is 11.1 Å². The lowest BCUT2D eigenvalue weighted by atomic mass is 9.39. The van der Waals surface area contributed by atoms with E-state index in [9.17, 15) is 0 Å². The molecule has 0 radical (unpaired) electrons. The molecule has 2 fully saturated rings. The minimum Gasteiger partial charge on any atom is -0.299 e. The van der Waals surface area contributed by atoms with Crippen molar-refractivity contribution in [1.29, 1.82) is 0 Å². The number of fused-ring (bicyclic) bond motifs is 2. The molecule has 1 aromatic rings. The Bertz CT molecular complexity index is 593. The van der Waals surface area contributed by atoms with Gasteiger partial charge in [0.15, 0.2) is 0 Å². The second-order valence-electron chi connectivity index (χ2n) is 8.76. The molecule has 120 valence electrons. The molecule has 5 unspecified atom stereocenters. The lowest BCUT2D eigenvalue weighted by Crippen LogP contribution is -2.73. The Morgan fingerprint density at radius 1 is 1.09 bits per heavy atom. The summed E-state index contributed by atoms with van der Waals surface area (Å²) in [5.74, 6) is 0. The molecular formula is C21H31N. The maximum absolute atomic E-state index is 2.83. The summed E-state index contributed by atoms with van der Waals surface area (Å²) < 4.78 is 0. The predicted octanol–water partition coefficient (Wildman–Crippen LogP) is 4.79. The minimum absolute atomic E-state index is 0.341. The van der Waals surface area contributed by atoms with Gasteiger partial charge in [-0.2, -0.15) is 0 Å². The van der Waals surface area contributed by atoms with E-state index in [-0.39, 0.29) is 0 Å². The molecule has 3 aliphatic rings. The van der Waals surface area contributed by atoms with Crippen LogP contribution in [0.1, 0.15) is 64.5 Å². The van der Waals surface area contributed by atoms with E-state index < -0.39 is 0 Å². The van der Waals surface area contributed by atoms with Crippen LogP contribution in [0.25, 0.3) is 0 Å². The Balaban J connectivity index is 1.94. The number of rotatable bonds is 2. The third-order valence-electron chi connectivity index (χ3n) is 8.18. The van der Waals surface area contributed by atoms with E-state index in [0.717, 1.165) is 6.04 Å². The van der Waals surface area contributed by atoms with Crippen LogP contribution in [0, 0.1) is 10.8 Å². The monoisotopic (exact) mass is 297 g/mol. The van der Waals surface area contributed by atoms with Crippen molar-refractivity contribution < 1.29 is 0 Å². The average Bonchev–Trinajstić information content (AvgIpc) is 2.49. The Morgan fingerprint density at radius 2 is 1.82 bits per heavy atom. The molecule has 4 rings (SSSR count). The summed E-state index contributed by atoms with van der Waals surface area (Å²) in [6.07, 6.45) is 6.67. The molecule has 1 aromatic carbocycles. The Labute approximate surface area is 136 Å². The summed E-state index contributed by atoms with van der Waals surface area (Å²) in [6, 6.07) is 10.1. The van der Waals surface area contributed by atoms with Gasteiger partial charge in [-0.05, 0) is 60.7 Å². The Kier molecular flexibility index (Phi) is 3.08. The van der Waals surface area contributed by atoms with Gasteiger partial charge in [0.25, 0.3) is 0 Å². The van der Waals surface area contributed by atoms with Gasteiger partial charge in [0.05, 0.1) is 0 Å². The van der Waals surface area contributed by atoms with Crippen LogP contribution in [-0.4, -0.2) is 24.0 Å². The fourth-order valence-electron chi connectivity index (χ4n) is 6.63. The molecule has 22 heavy (non-hydrogen) atoms. The number of nitrogens with zero attached hydrogens (tertiary/aromatic N) is 1. The summed E-state index contributed by atoms with van der Waals surface area (Å²) in [5, 5.41) is 0. The summed E-state index contributed by atoms with van der Waals surface area (Å²) >= 11 is 0. The number of piperidine rings is 2. The van der Waals surface area contributed by atoms with Crippen molar-refractivity contribution >= 4 is 0 Å². The van der Waals surface area contributed by atoms with Crippen LogP contribution in [0.3, 0.4) is 0 Å². The van der Waals surface area contributed by atoms with Crippen LogP contribution in [0.5, 0.6) is 0 Å². The first-order valence-electron chi connectivity index (χ1n) is 9.29. The lowest BCUT2D eigenvalue weighted by molar-refractivity contribution is -0.171. The maximum atomic E-state index is 2.83. The third-order valence-corrected chi connectivity index (χ3v) is 8.18. The second-order valence-corrected chi connectivity index (χ2v) is 8.76. The Hall–Kier alpha value is -0.820. The highest BCUT2D eigenvalue weighted by atomic mass is 15.2. The summed E-state index contributed by atoms with van der Waals surface area (Å²) in [4.78, 5) is 2.83. The van der Waals surface area contributed by atoms with Crippen molar-refractivity contribution in [2.75, 3.05) is 13.1 Å². The zero-order valence-corrected chi connectivity index (χ0v) is 14.8. The van der Waals surface area contributed by atoms with E-state index in [1.807, 2.05) is 0 Å². The normalized spacial score (nSPS) is 46.2. The molecule has 0 saturated carbocycles. The van der Waals surface area contributed by atoms with Gasteiger partial charge in [-0.15, -0.1) is 0 Å². The van der Waals surface area contributed by atoms with Crippen molar-refractivity contribution in [1.82, 2.24) is 4.90 Å². The second kappa shape index (κ2) is 4.60. The van der Waals surface area contributed by atoms with Gasteiger partial charge in [-0.25, -0.2) is 0 Å². The minimum atomic E-state index is 0.341. The van der Waals surface area contributed by atoms with Crippen molar-refractivity contribution in [3.05, 3.63) is 35.4 Å². The van der Waals surface area contributed by atoms with E-state index in [0.29, 0.717) is 16.2 Å². The molecule has 0 amide bonds. The number of hydrogen-bond donors (Lipinski definition) is 0. The molecule has 2 saturated heterocycles. The van der Waals surface area contributed by atoms with Crippen LogP contribution in [0.4, 0.5) is 0 Å². The topological polar surface area (TPSA) is 3.24 Å². The molecule has 5 atom stereocenters. The van der Waals surface area contributed by atoms with Crippen molar-refractivity contribution in [2.24, 2.45) is 10.8 Å². The summed E-state index contributed by atoms with van der Waals surface area (Å²) in [7, 11) is 0. The first-order valence-corrected chi connectivity index (χ1v) is 9.29. The van der Waals surface area contributed by atoms with Gasteiger partial charge >= 0.3 is 0 Å². The van der Waals surface area contributed by atoms with Gasteiger partial charge in [0, 0.05) is 11.5 Å². The van der Waals surface area contributed by atoms with Crippen molar-refractivity contribution in [2.45, 2.75) is 71.3 Å². The smallest absolute Gasteiger partial charge is 0.0203 e. The van der Waals surface area contributed by atoms with Gasteiger partial charge in [0.2, 0.25) is 0 Å².